The number of hydrazine groups is 1. The molecule has 5 N–H and O–H groups in total. The fourth-order valence-corrected chi connectivity index (χ4v) is 5.68. The molecule has 0 saturated carbocycles. The van der Waals surface area contributed by atoms with Crippen molar-refractivity contribution in [3.63, 3.8) is 0 Å². The van der Waals surface area contributed by atoms with Crippen LogP contribution in [0.4, 0.5) is 53.9 Å². The Bertz CT molecular complexity index is 1970. The second kappa shape index (κ2) is 14.0. The minimum atomic E-state index is -4.81. The summed E-state index contributed by atoms with van der Waals surface area (Å²) in [5.74, 6) is -1.94. The molecule has 0 aliphatic carbocycles. The van der Waals surface area contributed by atoms with Gasteiger partial charge in [-0.3, -0.25) is 0 Å². The van der Waals surface area contributed by atoms with Crippen LogP contribution < -0.4 is 15.6 Å². The first-order chi connectivity index (χ1) is 23.6. The van der Waals surface area contributed by atoms with E-state index in [0.29, 0.717) is 40.5 Å². The van der Waals surface area contributed by atoms with Crippen LogP contribution in [-0.4, -0.2) is 49.6 Å². The van der Waals surface area contributed by atoms with Gasteiger partial charge in [-0.15, -0.1) is 5.01 Å². The Morgan fingerprint density at radius 1 is 0.769 bits per heavy atom. The fraction of sp³-hybridized carbons (Fsp3) is 0.371. The van der Waals surface area contributed by atoms with Gasteiger partial charge in [0.25, 0.3) is 0 Å². The average molecular weight is 731 g/mol. The van der Waals surface area contributed by atoms with Crippen molar-refractivity contribution < 1.29 is 52.1 Å². The number of pyridine rings is 1. The van der Waals surface area contributed by atoms with Crippen LogP contribution in [0.15, 0.2) is 36.5 Å². The number of hydrogen-bond donors (Lipinski definition) is 5. The number of carboxylic acid groups (broad SMARTS) is 3. The molecule has 52 heavy (non-hydrogen) atoms. The molecule has 0 bridgehead atoms. The molecular formula is C35H38F4N6O7. The predicted molar refractivity (Wildman–Crippen MR) is 183 cm³/mol. The Hall–Kier alpha value is -5.92. The predicted octanol–water partition coefficient (Wildman–Crippen LogP) is 9.37. The lowest BCUT2D eigenvalue weighted by Gasteiger charge is -2.38. The summed E-state index contributed by atoms with van der Waals surface area (Å²) in [6.45, 7) is 16.3. The average Bonchev–Trinajstić information content (AvgIpc) is 2.97. The molecule has 3 rings (SSSR count). The maximum atomic E-state index is 14.7. The summed E-state index contributed by atoms with van der Waals surface area (Å²) in [5, 5.41) is 43.6. The molecule has 0 aliphatic rings. The van der Waals surface area contributed by atoms with Gasteiger partial charge in [0.05, 0.1) is 16.9 Å². The second-order valence-corrected chi connectivity index (χ2v) is 14.8. The van der Waals surface area contributed by atoms with Crippen LogP contribution in [0.2, 0.25) is 0 Å². The standard InChI is InChI=1S/C35H38F4N6O7/c1-32(2,3)21-15-19(18-12-13-41-27(20(18)16-40)44(29(47)48)45(30(49)50)31(51)52)24(33(4,5)6)25(34(7,8)9)26(21)43-28(46)42-23-14-17(35(37,38)39)10-11-22(23)36/h10-15H,1-9H3,(H,47,48)(H,49,50)(H,51,52)(H2,42,43,46). The van der Waals surface area contributed by atoms with Crippen molar-refractivity contribution >= 4 is 41.5 Å². The number of imide groups is 1. The SMILES string of the molecule is CC(C)(C)c1cc(-c2ccnc(N(C(=O)O)N(C(=O)O)C(=O)O)c2C#N)c(C(C)(C)C)c(C(C)(C)C)c1NC(=O)Nc1cc(C(F)(F)F)ccc1F. The Morgan fingerprint density at radius 3 is 1.77 bits per heavy atom. The molecule has 5 amide bonds. The molecule has 13 nitrogen and oxygen atoms in total. The maximum Gasteiger partial charge on any atom is 0.437 e. The minimum Gasteiger partial charge on any atom is -0.463 e. The van der Waals surface area contributed by atoms with Gasteiger partial charge >= 0.3 is 30.5 Å². The number of benzene rings is 2. The highest BCUT2D eigenvalue weighted by Crippen LogP contribution is 2.49. The van der Waals surface area contributed by atoms with E-state index in [0.717, 1.165) is 6.20 Å². The molecule has 278 valence electrons. The van der Waals surface area contributed by atoms with Gasteiger partial charge in [-0.25, -0.2) is 28.6 Å². The molecule has 0 unspecified atom stereocenters. The van der Waals surface area contributed by atoms with Crippen molar-refractivity contribution in [3.8, 4) is 17.2 Å². The van der Waals surface area contributed by atoms with Crippen molar-refractivity contribution in [2.24, 2.45) is 0 Å². The van der Waals surface area contributed by atoms with E-state index in [9.17, 15) is 57.3 Å². The molecule has 0 fully saturated rings. The highest BCUT2D eigenvalue weighted by Gasteiger charge is 2.39. The maximum absolute atomic E-state index is 14.7. The lowest BCUT2D eigenvalue weighted by molar-refractivity contribution is -0.137. The van der Waals surface area contributed by atoms with Gasteiger partial charge in [0.15, 0.2) is 5.82 Å². The highest BCUT2D eigenvalue weighted by atomic mass is 19.4. The highest BCUT2D eigenvalue weighted by molar-refractivity contribution is 6.02. The van der Waals surface area contributed by atoms with Crippen molar-refractivity contribution in [2.75, 3.05) is 15.6 Å². The number of rotatable bonds is 4. The smallest absolute Gasteiger partial charge is 0.437 e. The summed E-state index contributed by atoms with van der Waals surface area (Å²) in [6, 6.07) is 5.36. The van der Waals surface area contributed by atoms with Gasteiger partial charge in [0.1, 0.15) is 17.4 Å². The Balaban J connectivity index is 2.48. The summed E-state index contributed by atoms with van der Waals surface area (Å²) < 4.78 is 54.8. The minimum absolute atomic E-state index is 0.0393. The number of nitrogens with zero attached hydrogens (tertiary/aromatic N) is 4. The first-order valence-electron chi connectivity index (χ1n) is 15.5. The van der Waals surface area contributed by atoms with E-state index < -0.39 is 80.2 Å². The normalized spacial score (nSPS) is 12.1. The zero-order valence-corrected chi connectivity index (χ0v) is 29.7. The molecule has 1 aromatic heterocycles. The summed E-state index contributed by atoms with van der Waals surface area (Å²) >= 11 is 0. The van der Waals surface area contributed by atoms with Crippen LogP contribution in [0.1, 0.15) is 90.1 Å². The zero-order valence-electron chi connectivity index (χ0n) is 29.7. The third-order valence-electron chi connectivity index (χ3n) is 7.69. The van der Waals surface area contributed by atoms with Gasteiger partial charge in [0.2, 0.25) is 0 Å². The Kier molecular flexibility index (Phi) is 10.9. The first-order valence-corrected chi connectivity index (χ1v) is 15.5. The first kappa shape index (κ1) is 40.5. The van der Waals surface area contributed by atoms with Crippen molar-refractivity contribution in [1.29, 1.82) is 5.26 Å². The summed E-state index contributed by atoms with van der Waals surface area (Å²) in [5.41, 5.74) is -2.93. The van der Waals surface area contributed by atoms with Gasteiger partial charge in [-0.05, 0) is 68.8 Å². The van der Waals surface area contributed by atoms with Gasteiger partial charge in [-0.2, -0.15) is 23.4 Å². The quantitative estimate of drug-likeness (QED) is 0.128. The van der Waals surface area contributed by atoms with Gasteiger partial charge in [0, 0.05) is 11.8 Å². The van der Waals surface area contributed by atoms with E-state index in [1.54, 1.807) is 26.8 Å². The van der Waals surface area contributed by atoms with Crippen molar-refractivity contribution in [1.82, 2.24) is 9.99 Å². The number of urea groups is 1. The Morgan fingerprint density at radius 2 is 1.33 bits per heavy atom. The topological polar surface area (TPSA) is 196 Å². The van der Waals surface area contributed by atoms with E-state index in [1.807, 2.05) is 47.6 Å². The number of anilines is 3. The van der Waals surface area contributed by atoms with Crippen LogP contribution in [0, 0.1) is 17.1 Å². The van der Waals surface area contributed by atoms with Crippen LogP contribution >= 0.6 is 0 Å². The number of carbonyl (C=O) groups excluding carboxylic acids is 1. The van der Waals surface area contributed by atoms with Crippen molar-refractivity contribution in [2.45, 2.75) is 84.7 Å². The molecule has 3 aromatic rings. The molecule has 17 heteroatoms. The zero-order chi connectivity index (χ0) is 39.9. The Labute approximate surface area is 296 Å². The number of aromatic nitrogens is 1. The van der Waals surface area contributed by atoms with E-state index in [-0.39, 0.29) is 16.3 Å². The number of hydrogen-bond acceptors (Lipinski definition) is 6. The third-order valence-corrected chi connectivity index (χ3v) is 7.69. The molecule has 0 atom stereocenters. The number of carbonyl (C=O) groups is 4. The largest absolute Gasteiger partial charge is 0.463 e. The third kappa shape index (κ3) is 8.33. The molecular weight excluding hydrogens is 692 g/mol. The van der Waals surface area contributed by atoms with Crippen LogP contribution in [0.3, 0.4) is 0 Å². The second-order valence-electron chi connectivity index (χ2n) is 14.8. The lowest BCUT2D eigenvalue weighted by Crippen LogP contribution is -2.52. The van der Waals surface area contributed by atoms with Crippen LogP contribution in [0.5, 0.6) is 0 Å². The van der Waals surface area contributed by atoms with Crippen molar-refractivity contribution in [3.05, 3.63) is 70.2 Å². The van der Waals surface area contributed by atoms with Gasteiger partial charge < -0.3 is 26.0 Å². The van der Waals surface area contributed by atoms with E-state index in [2.05, 4.69) is 15.6 Å². The van der Waals surface area contributed by atoms with Crippen LogP contribution in [-0.2, 0) is 22.4 Å². The molecule has 0 saturated heterocycles. The monoisotopic (exact) mass is 730 g/mol. The van der Waals surface area contributed by atoms with Crippen LogP contribution in [0.25, 0.3) is 11.1 Å². The number of amides is 5. The van der Waals surface area contributed by atoms with E-state index >= 15 is 0 Å². The number of halogens is 4. The summed E-state index contributed by atoms with van der Waals surface area (Å²) in [4.78, 5) is 53.4. The molecule has 1 heterocycles. The lowest BCUT2D eigenvalue weighted by atomic mass is 9.68. The number of nitrogens with one attached hydrogen (secondary N) is 2. The molecule has 0 aliphatic heterocycles. The van der Waals surface area contributed by atoms with E-state index in [1.165, 1.54) is 6.07 Å². The molecule has 2 aromatic carbocycles. The molecule has 0 spiro atoms. The number of nitriles is 1. The summed E-state index contributed by atoms with van der Waals surface area (Å²) in [7, 11) is 0. The summed E-state index contributed by atoms with van der Waals surface area (Å²) in [6.07, 6.45) is -10.2. The van der Waals surface area contributed by atoms with E-state index in [4.69, 9.17) is 0 Å². The van der Waals surface area contributed by atoms with Gasteiger partial charge in [-0.1, -0.05) is 62.3 Å². The molecule has 0 radical (unpaired) electrons. The number of alkyl halides is 3. The fourth-order valence-electron chi connectivity index (χ4n) is 5.68.